The van der Waals surface area contributed by atoms with Gasteiger partial charge < -0.3 is 0 Å². The maximum atomic E-state index is 9.06. The highest BCUT2D eigenvalue weighted by Gasteiger charge is 2.13. The predicted octanol–water partition coefficient (Wildman–Crippen LogP) is 3.57. The van der Waals surface area contributed by atoms with E-state index in [2.05, 4.69) is 37.3 Å². The van der Waals surface area contributed by atoms with Gasteiger partial charge in [-0.3, -0.25) is 5.32 Å². The van der Waals surface area contributed by atoms with Crippen LogP contribution in [0.2, 0.25) is 5.02 Å². The second-order valence-electron chi connectivity index (χ2n) is 3.14. The second kappa shape index (κ2) is 7.15. The van der Waals surface area contributed by atoms with Crippen LogP contribution in [0.15, 0.2) is 27.8 Å². The Bertz CT molecular complexity index is 478. The van der Waals surface area contributed by atoms with Gasteiger partial charge in [0.05, 0.1) is 6.07 Å². The van der Waals surface area contributed by atoms with E-state index in [4.69, 9.17) is 22.4 Å². The van der Waals surface area contributed by atoms with Gasteiger partial charge in [0.15, 0.2) is 0 Å². The molecule has 0 radical (unpaired) electrons. The zero-order valence-corrected chi connectivity index (χ0v) is 11.1. The molecule has 1 aromatic rings. The summed E-state index contributed by atoms with van der Waals surface area (Å²) in [7, 11) is 0. The lowest BCUT2D eigenvalue weighted by Crippen LogP contribution is -2.23. The summed E-state index contributed by atoms with van der Waals surface area (Å²) in [4.78, 5) is 2.63. The quantitative estimate of drug-likeness (QED) is 0.390. The van der Waals surface area contributed by atoms with Gasteiger partial charge in [0.1, 0.15) is 6.04 Å². The summed E-state index contributed by atoms with van der Waals surface area (Å²) in [6.45, 7) is 0.714. The van der Waals surface area contributed by atoms with Crippen molar-refractivity contribution in [3.05, 3.63) is 43.7 Å². The van der Waals surface area contributed by atoms with E-state index in [1.807, 2.05) is 0 Å². The van der Waals surface area contributed by atoms with E-state index >= 15 is 0 Å². The Kier molecular flexibility index (Phi) is 5.81. The molecule has 17 heavy (non-hydrogen) atoms. The van der Waals surface area contributed by atoms with Gasteiger partial charge in [-0.15, -0.1) is 0 Å². The SMILES string of the molecule is N#CC(NCCN=[N+]=[N-])c1cc(Br)ccc1Cl. The Morgan fingerprint density at radius 2 is 2.41 bits per heavy atom. The lowest BCUT2D eigenvalue weighted by molar-refractivity contribution is 0.635. The molecule has 1 N–H and O–H groups in total. The molecule has 1 unspecified atom stereocenters. The number of hydrogen-bond acceptors (Lipinski definition) is 3. The highest BCUT2D eigenvalue weighted by Crippen LogP contribution is 2.26. The topological polar surface area (TPSA) is 84.6 Å². The van der Waals surface area contributed by atoms with E-state index in [0.29, 0.717) is 23.7 Å². The van der Waals surface area contributed by atoms with Crippen molar-refractivity contribution in [1.82, 2.24) is 5.32 Å². The second-order valence-corrected chi connectivity index (χ2v) is 4.46. The van der Waals surface area contributed by atoms with Crippen LogP contribution >= 0.6 is 27.5 Å². The van der Waals surface area contributed by atoms with Crippen molar-refractivity contribution >= 4 is 27.5 Å². The fourth-order valence-electron chi connectivity index (χ4n) is 1.26. The van der Waals surface area contributed by atoms with Crippen LogP contribution in [0.1, 0.15) is 11.6 Å². The van der Waals surface area contributed by atoms with Crippen molar-refractivity contribution in [3.8, 4) is 6.07 Å². The first-order valence-electron chi connectivity index (χ1n) is 4.78. The zero-order chi connectivity index (χ0) is 12.7. The number of hydrogen-bond donors (Lipinski definition) is 1. The molecule has 0 bridgehead atoms. The minimum Gasteiger partial charge on any atom is -0.298 e. The molecule has 0 saturated heterocycles. The zero-order valence-electron chi connectivity index (χ0n) is 8.77. The smallest absolute Gasteiger partial charge is 0.122 e. The molecule has 1 atom stereocenters. The molecule has 5 nitrogen and oxygen atoms in total. The van der Waals surface area contributed by atoms with Gasteiger partial charge in [-0.2, -0.15) is 5.26 Å². The van der Waals surface area contributed by atoms with Crippen LogP contribution < -0.4 is 5.32 Å². The third kappa shape index (κ3) is 4.25. The van der Waals surface area contributed by atoms with Crippen molar-refractivity contribution in [2.24, 2.45) is 5.11 Å². The summed E-state index contributed by atoms with van der Waals surface area (Å²) in [6, 6.07) is 6.91. The molecular weight excluding hydrogens is 306 g/mol. The Morgan fingerprint density at radius 1 is 1.65 bits per heavy atom. The van der Waals surface area contributed by atoms with E-state index in [-0.39, 0.29) is 0 Å². The Hall–Kier alpha value is -1.25. The number of nitrogens with one attached hydrogen (secondary N) is 1. The van der Waals surface area contributed by atoms with E-state index in [0.717, 1.165) is 4.47 Å². The first kappa shape index (κ1) is 13.8. The average molecular weight is 315 g/mol. The van der Waals surface area contributed by atoms with Crippen LogP contribution in [0.25, 0.3) is 10.4 Å². The fraction of sp³-hybridized carbons (Fsp3) is 0.300. The van der Waals surface area contributed by atoms with E-state index < -0.39 is 6.04 Å². The number of azide groups is 1. The molecule has 0 heterocycles. The Labute approximate surface area is 112 Å². The van der Waals surface area contributed by atoms with Crippen LogP contribution in [0.3, 0.4) is 0 Å². The molecule has 0 spiro atoms. The molecule has 0 fully saturated rings. The van der Waals surface area contributed by atoms with Gasteiger partial charge in [-0.1, -0.05) is 32.6 Å². The van der Waals surface area contributed by atoms with Gasteiger partial charge >= 0.3 is 0 Å². The third-order valence-corrected chi connectivity index (χ3v) is 2.86. The van der Waals surface area contributed by atoms with Gasteiger partial charge in [0, 0.05) is 33.1 Å². The molecular formula is C10H9BrClN5. The van der Waals surface area contributed by atoms with Gasteiger partial charge in [0.2, 0.25) is 0 Å². The minimum absolute atomic E-state index is 0.292. The lowest BCUT2D eigenvalue weighted by Gasteiger charge is -2.12. The molecule has 1 aromatic carbocycles. The highest BCUT2D eigenvalue weighted by atomic mass is 79.9. The number of nitrogens with zero attached hydrogens (tertiary/aromatic N) is 4. The first-order chi connectivity index (χ1) is 8.19. The molecule has 1 rings (SSSR count). The Morgan fingerprint density at radius 3 is 3.06 bits per heavy atom. The number of benzene rings is 1. The van der Waals surface area contributed by atoms with Crippen LogP contribution in [-0.4, -0.2) is 13.1 Å². The van der Waals surface area contributed by atoms with Crippen LogP contribution in [0.5, 0.6) is 0 Å². The molecule has 88 valence electrons. The van der Waals surface area contributed by atoms with Crippen molar-refractivity contribution in [2.45, 2.75) is 6.04 Å². The summed E-state index contributed by atoms with van der Waals surface area (Å²) < 4.78 is 0.856. The normalized spacial score (nSPS) is 11.4. The van der Waals surface area contributed by atoms with Crippen molar-refractivity contribution in [1.29, 1.82) is 5.26 Å². The number of halogens is 2. The molecule has 0 aliphatic heterocycles. The average Bonchev–Trinajstić information content (AvgIpc) is 2.33. The molecule has 0 saturated carbocycles. The van der Waals surface area contributed by atoms with Crippen LogP contribution in [0, 0.1) is 11.3 Å². The van der Waals surface area contributed by atoms with Crippen molar-refractivity contribution in [2.75, 3.05) is 13.1 Å². The molecule has 0 aromatic heterocycles. The molecule has 0 amide bonds. The third-order valence-electron chi connectivity index (χ3n) is 2.02. The van der Waals surface area contributed by atoms with E-state index in [1.165, 1.54) is 0 Å². The molecule has 0 aliphatic carbocycles. The minimum atomic E-state index is -0.520. The Balaban J connectivity index is 2.76. The first-order valence-corrected chi connectivity index (χ1v) is 5.95. The van der Waals surface area contributed by atoms with Crippen molar-refractivity contribution in [3.63, 3.8) is 0 Å². The molecule has 0 aliphatic rings. The van der Waals surface area contributed by atoms with Crippen LogP contribution in [0.4, 0.5) is 0 Å². The fourth-order valence-corrected chi connectivity index (χ4v) is 1.87. The molecule has 7 heteroatoms. The maximum Gasteiger partial charge on any atom is 0.122 e. The highest BCUT2D eigenvalue weighted by molar-refractivity contribution is 9.10. The summed E-state index contributed by atoms with van der Waals surface area (Å²) in [5.74, 6) is 0. The maximum absolute atomic E-state index is 9.06. The summed E-state index contributed by atoms with van der Waals surface area (Å²) in [5.41, 5.74) is 8.82. The number of nitriles is 1. The van der Waals surface area contributed by atoms with Gasteiger partial charge in [-0.05, 0) is 23.7 Å². The predicted molar refractivity (Wildman–Crippen MR) is 69.5 cm³/mol. The van der Waals surface area contributed by atoms with E-state index in [9.17, 15) is 0 Å². The van der Waals surface area contributed by atoms with Crippen LogP contribution in [-0.2, 0) is 0 Å². The lowest BCUT2D eigenvalue weighted by atomic mass is 10.1. The monoisotopic (exact) mass is 313 g/mol. The largest absolute Gasteiger partial charge is 0.298 e. The number of rotatable bonds is 5. The van der Waals surface area contributed by atoms with Crippen molar-refractivity contribution < 1.29 is 0 Å². The van der Waals surface area contributed by atoms with E-state index in [1.54, 1.807) is 18.2 Å². The van der Waals surface area contributed by atoms with Gasteiger partial charge in [0.25, 0.3) is 0 Å². The standard InChI is InChI=1S/C10H9BrClN5/c11-7-1-2-9(12)8(5-7)10(6-13)15-3-4-16-17-14/h1-2,5,10,15H,3-4H2. The summed E-state index contributed by atoms with van der Waals surface area (Å²) in [6.07, 6.45) is 0. The summed E-state index contributed by atoms with van der Waals surface area (Å²) in [5, 5.41) is 15.9. The summed E-state index contributed by atoms with van der Waals surface area (Å²) >= 11 is 9.34. The van der Waals surface area contributed by atoms with Gasteiger partial charge in [-0.25, -0.2) is 0 Å².